The molecular weight excluding hydrogens is 208 g/mol. The largest absolute Gasteiger partial charge is 0.341 e. The van der Waals surface area contributed by atoms with Gasteiger partial charge in [0.2, 0.25) is 5.91 Å². The summed E-state index contributed by atoms with van der Waals surface area (Å²) in [6, 6.07) is 4.27. The molecule has 0 bridgehead atoms. The van der Waals surface area contributed by atoms with Crippen molar-refractivity contribution in [3.8, 4) is 0 Å². The van der Waals surface area contributed by atoms with E-state index in [-0.39, 0.29) is 11.9 Å². The lowest BCUT2D eigenvalue weighted by Crippen LogP contribution is -2.32. The minimum Gasteiger partial charge on any atom is -0.341 e. The second kappa shape index (κ2) is 4.33. The molecule has 0 radical (unpaired) electrons. The molecule has 1 aromatic rings. The van der Waals surface area contributed by atoms with E-state index in [0.717, 1.165) is 24.4 Å². The average molecular weight is 224 g/mol. The zero-order chi connectivity index (χ0) is 10.8. The van der Waals surface area contributed by atoms with E-state index in [0.29, 0.717) is 6.42 Å². The van der Waals surface area contributed by atoms with Gasteiger partial charge in [-0.3, -0.25) is 4.79 Å². The Labute approximate surface area is 93.9 Å². The molecule has 2 heterocycles. The first-order valence-corrected chi connectivity index (χ1v) is 6.05. The molecule has 0 unspecified atom stereocenters. The molecule has 0 aromatic carbocycles. The van der Waals surface area contributed by atoms with E-state index < -0.39 is 0 Å². The van der Waals surface area contributed by atoms with E-state index in [4.69, 9.17) is 5.73 Å². The summed E-state index contributed by atoms with van der Waals surface area (Å²) in [6.07, 6.45) is 1.47. The Morgan fingerprint density at radius 1 is 1.67 bits per heavy atom. The van der Waals surface area contributed by atoms with Gasteiger partial charge in [-0.2, -0.15) is 0 Å². The van der Waals surface area contributed by atoms with E-state index in [1.165, 1.54) is 4.88 Å². The molecule has 0 spiro atoms. The summed E-state index contributed by atoms with van der Waals surface area (Å²) in [7, 11) is 0. The second-order valence-corrected chi connectivity index (χ2v) is 5.45. The van der Waals surface area contributed by atoms with Crippen LogP contribution in [0.25, 0.3) is 0 Å². The average Bonchev–Trinajstić information content (AvgIpc) is 2.75. The summed E-state index contributed by atoms with van der Waals surface area (Å²) in [6.45, 7) is 3.61. The van der Waals surface area contributed by atoms with Gasteiger partial charge < -0.3 is 10.6 Å². The lowest BCUT2D eigenvalue weighted by molar-refractivity contribution is -0.129. The Morgan fingerprint density at radius 2 is 2.47 bits per heavy atom. The third-order valence-electron chi connectivity index (χ3n) is 2.70. The Kier molecular flexibility index (Phi) is 3.07. The van der Waals surface area contributed by atoms with Crippen LogP contribution in [0.5, 0.6) is 0 Å². The number of hydrogen-bond acceptors (Lipinski definition) is 3. The summed E-state index contributed by atoms with van der Waals surface area (Å²) in [4.78, 5) is 16.1. The number of carbonyl (C=O) groups excluding carboxylic acids is 1. The highest BCUT2D eigenvalue weighted by atomic mass is 32.1. The van der Waals surface area contributed by atoms with Gasteiger partial charge in [0, 0.05) is 28.9 Å². The second-order valence-electron chi connectivity index (χ2n) is 4.08. The molecule has 1 aliphatic heterocycles. The summed E-state index contributed by atoms with van der Waals surface area (Å²) in [5.74, 6) is 0.213. The monoisotopic (exact) mass is 224 g/mol. The van der Waals surface area contributed by atoms with E-state index in [1.807, 2.05) is 11.0 Å². The topological polar surface area (TPSA) is 46.3 Å². The molecule has 2 rings (SSSR count). The first kappa shape index (κ1) is 10.6. The highest BCUT2D eigenvalue weighted by molar-refractivity contribution is 7.12. The Bertz CT molecular complexity index is 361. The van der Waals surface area contributed by atoms with E-state index in [2.05, 4.69) is 13.0 Å². The smallest absolute Gasteiger partial charge is 0.227 e. The summed E-state index contributed by atoms with van der Waals surface area (Å²) in [5, 5.41) is 0. The molecule has 1 aliphatic rings. The fraction of sp³-hybridized carbons (Fsp3) is 0.545. The maximum absolute atomic E-state index is 11.8. The van der Waals surface area contributed by atoms with Crippen LogP contribution in [-0.2, 0) is 11.2 Å². The van der Waals surface area contributed by atoms with Gasteiger partial charge in [-0.05, 0) is 25.5 Å². The molecule has 1 aromatic heterocycles. The van der Waals surface area contributed by atoms with Crippen LogP contribution in [0.1, 0.15) is 16.2 Å². The van der Waals surface area contributed by atoms with Crippen LogP contribution in [0.4, 0.5) is 0 Å². The maximum atomic E-state index is 11.8. The highest BCUT2D eigenvalue weighted by Crippen LogP contribution is 2.17. The highest BCUT2D eigenvalue weighted by Gasteiger charge is 2.23. The van der Waals surface area contributed by atoms with Crippen LogP contribution in [0, 0.1) is 6.92 Å². The molecule has 1 fully saturated rings. The van der Waals surface area contributed by atoms with Crippen LogP contribution < -0.4 is 5.73 Å². The third kappa shape index (κ3) is 2.58. The Morgan fingerprint density at radius 3 is 3.00 bits per heavy atom. The number of rotatable bonds is 2. The van der Waals surface area contributed by atoms with Crippen molar-refractivity contribution >= 4 is 17.2 Å². The third-order valence-corrected chi connectivity index (χ3v) is 3.70. The normalized spacial score (nSPS) is 20.9. The van der Waals surface area contributed by atoms with Crippen molar-refractivity contribution in [3.63, 3.8) is 0 Å². The number of likely N-dealkylation sites (tertiary alicyclic amines) is 1. The van der Waals surface area contributed by atoms with Crippen LogP contribution >= 0.6 is 11.3 Å². The first-order valence-electron chi connectivity index (χ1n) is 5.24. The van der Waals surface area contributed by atoms with Crippen LogP contribution in [0.15, 0.2) is 12.1 Å². The predicted molar refractivity (Wildman–Crippen MR) is 61.9 cm³/mol. The number of thiophene rings is 1. The van der Waals surface area contributed by atoms with E-state index in [1.54, 1.807) is 11.3 Å². The van der Waals surface area contributed by atoms with Crippen molar-refractivity contribution in [2.45, 2.75) is 25.8 Å². The zero-order valence-electron chi connectivity index (χ0n) is 8.90. The minimum atomic E-state index is 0.180. The van der Waals surface area contributed by atoms with Crippen molar-refractivity contribution in [2.75, 3.05) is 13.1 Å². The van der Waals surface area contributed by atoms with Gasteiger partial charge in [0.1, 0.15) is 0 Å². The molecule has 1 amide bonds. The van der Waals surface area contributed by atoms with Crippen molar-refractivity contribution < 1.29 is 4.79 Å². The number of nitrogens with zero attached hydrogens (tertiary/aromatic N) is 1. The quantitative estimate of drug-likeness (QED) is 0.819. The molecule has 0 aliphatic carbocycles. The summed E-state index contributed by atoms with van der Waals surface area (Å²) < 4.78 is 0. The van der Waals surface area contributed by atoms with Gasteiger partial charge in [-0.25, -0.2) is 0 Å². The van der Waals surface area contributed by atoms with Crippen molar-refractivity contribution in [1.82, 2.24) is 4.90 Å². The van der Waals surface area contributed by atoms with Gasteiger partial charge in [0.15, 0.2) is 0 Å². The van der Waals surface area contributed by atoms with Crippen LogP contribution in [0.3, 0.4) is 0 Å². The summed E-state index contributed by atoms with van der Waals surface area (Å²) in [5.41, 5.74) is 5.77. The SMILES string of the molecule is Cc1ccc(CC(=O)N2CC[C@H](N)C2)s1. The van der Waals surface area contributed by atoms with E-state index in [9.17, 15) is 4.79 Å². The number of nitrogens with two attached hydrogens (primary N) is 1. The molecule has 15 heavy (non-hydrogen) atoms. The van der Waals surface area contributed by atoms with Gasteiger partial charge in [-0.15, -0.1) is 11.3 Å². The molecule has 2 N–H and O–H groups in total. The van der Waals surface area contributed by atoms with Crippen molar-refractivity contribution in [1.29, 1.82) is 0 Å². The molecule has 1 saturated heterocycles. The standard InChI is InChI=1S/C11H16N2OS/c1-8-2-3-10(15-8)6-11(14)13-5-4-9(12)7-13/h2-3,9H,4-7,12H2,1H3/t9-/m0/s1. The predicted octanol–water partition coefficient (Wildman–Crippen LogP) is 1.16. The number of hydrogen-bond donors (Lipinski definition) is 1. The number of amides is 1. The molecule has 1 atom stereocenters. The fourth-order valence-corrected chi connectivity index (χ4v) is 2.74. The molecule has 3 nitrogen and oxygen atoms in total. The Balaban J connectivity index is 1.92. The van der Waals surface area contributed by atoms with Crippen LogP contribution in [0.2, 0.25) is 0 Å². The lowest BCUT2D eigenvalue weighted by atomic mass is 10.3. The van der Waals surface area contributed by atoms with Gasteiger partial charge >= 0.3 is 0 Å². The minimum absolute atomic E-state index is 0.180. The molecule has 0 saturated carbocycles. The molecular formula is C11H16N2OS. The van der Waals surface area contributed by atoms with Crippen LogP contribution in [-0.4, -0.2) is 29.9 Å². The van der Waals surface area contributed by atoms with Gasteiger partial charge in [0.25, 0.3) is 0 Å². The fourth-order valence-electron chi connectivity index (χ4n) is 1.85. The molecule has 82 valence electrons. The maximum Gasteiger partial charge on any atom is 0.227 e. The zero-order valence-corrected chi connectivity index (χ0v) is 9.72. The molecule has 4 heteroatoms. The van der Waals surface area contributed by atoms with E-state index >= 15 is 0 Å². The van der Waals surface area contributed by atoms with Crippen molar-refractivity contribution in [3.05, 3.63) is 21.9 Å². The van der Waals surface area contributed by atoms with Crippen molar-refractivity contribution in [2.24, 2.45) is 5.73 Å². The number of aryl methyl sites for hydroxylation is 1. The number of carbonyl (C=O) groups is 1. The van der Waals surface area contributed by atoms with Gasteiger partial charge in [0.05, 0.1) is 6.42 Å². The first-order chi connectivity index (χ1) is 7.15. The van der Waals surface area contributed by atoms with Gasteiger partial charge in [-0.1, -0.05) is 0 Å². The Hall–Kier alpha value is -0.870. The summed E-state index contributed by atoms with van der Waals surface area (Å²) >= 11 is 1.70. The lowest BCUT2D eigenvalue weighted by Gasteiger charge is -2.14.